The lowest BCUT2D eigenvalue weighted by Crippen LogP contribution is -2.30. The van der Waals surface area contributed by atoms with Gasteiger partial charge in [-0.25, -0.2) is 0 Å². The number of methoxy groups -OCH3 is 1. The third kappa shape index (κ3) is 3.53. The molecule has 0 spiro atoms. The SMILES string of the molecule is COCCNC(CN)c1ccc(C2CC2)cc1. The van der Waals surface area contributed by atoms with E-state index in [1.807, 2.05) is 0 Å². The summed E-state index contributed by atoms with van der Waals surface area (Å²) in [4.78, 5) is 0. The van der Waals surface area contributed by atoms with Gasteiger partial charge < -0.3 is 15.8 Å². The fourth-order valence-corrected chi connectivity index (χ4v) is 2.09. The zero-order valence-corrected chi connectivity index (χ0v) is 10.5. The number of hydrogen-bond donors (Lipinski definition) is 2. The van der Waals surface area contributed by atoms with Crippen LogP contribution in [-0.2, 0) is 4.74 Å². The third-order valence-electron chi connectivity index (χ3n) is 3.32. The van der Waals surface area contributed by atoms with Gasteiger partial charge in [-0.05, 0) is 29.9 Å². The molecule has 1 atom stereocenters. The Morgan fingerprint density at radius 1 is 1.35 bits per heavy atom. The van der Waals surface area contributed by atoms with Crippen molar-refractivity contribution < 1.29 is 4.74 Å². The van der Waals surface area contributed by atoms with Gasteiger partial charge in [0.25, 0.3) is 0 Å². The normalized spacial score (nSPS) is 17.1. The fourth-order valence-electron chi connectivity index (χ4n) is 2.09. The highest BCUT2D eigenvalue weighted by Crippen LogP contribution is 2.40. The van der Waals surface area contributed by atoms with Crippen LogP contribution >= 0.6 is 0 Å². The molecule has 2 rings (SSSR count). The van der Waals surface area contributed by atoms with E-state index >= 15 is 0 Å². The van der Waals surface area contributed by atoms with Gasteiger partial charge in [0.05, 0.1) is 6.61 Å². The van der Waals surface area contributed by atoms with Crippen LogP contribution in [0.4, 0.5) is 0 Å². The van der Waals surface area contributed by atoms with Gasteiger partial charge in [-0.1, -0.05) is 24.3 Å². The summed E-state index contributed by atoms with van der Waals surface area (Å²) >= 11 is 0. The Morgan fingerprint density at radius 2 is 2.06 bits per heavy atom. The molecule has 1 saturated carbocycles. The van der Waals surface area contributed by atoms with Crippen molar-refractivity contribution in [3.8, 4) is 0 Å². The number of rotatable bonds is 7. The Bertz CT molecular complexity index is 333. The molecule has 0 saturated heterocycles. The number of benzene rings is 1. The van der Waals surface area contributed by atoms with E-state index in [1.54, 1.807) is 7.11 Å². The summed E-state index contributed by atoms with van der Waals surface area (Å²) < 4.78 is 5.03. The number of nitrogens with one attached hydrogen (secondary N) is 1. The second-order valence-corrected chi connectivity index (χ2v) is 4.68. The molecule has 1 fully saturated rings. The smallest absolute Gasteiger partial charge is 0.0587 e. The van der Waals surface area contributed by atoms with Crippen LogP contribution in [0.5, 0.6) is 0 Å². The summed E-state index contributed by atoms with van der Waals surface area (Å²) in [5, 5.41) is 3.40. The minimum absolute atomic E-state index is 0.235. The molecule has 0 heterocycles. The van der Waals surface area contributed by atoms with Crippen molar-refractivity contribution >= 4 is 0 Å². The molecule has 0 bridgehead atoms. The van der Waals surface area contributed by atoms with Crippen LogP contribution in [0.15, 0.2) is 24.3 Å². The summed E-state index contributed by atoms with van der Waals surface area (Å²) in [7, 11) is 1.71. The Hall–Kier alpha value is -0.900. The molecular weight excluding hydrogens is 212 g/mol. The molecule has 1 aromatic rings. The van der Waals surface area contributed by atoms with E-state index in [4.69, 9.17) is 10.5 Å². The van der Waals surface area contributed by atoms with Crippen LogP contribution in [0.2, 0.25) is 0 Å². The van der Waals surface area contributed by atoms with Crippen LogP contribution in [0.25, 0.3) is 0 Å². The molecular formula is C14H22N2O. The molecule has 17 heavy (non-hydrogen) atoms. The topological polar surface area (TPSA) is 47.3 Å². The average molecular weight is 234 g/mol. The highest BCUT2D eigenvalue weighted by molar-refractivity contribution is 5.29. The molecule has 1 unspecified atom stereocenters. The van der Waals surface area contributed by atoms with E-state index in [-0.39, 0.29) is 6.04 Å². The first-order valence-corrected chi connectivity index (χ1v) is 6.37. The molecule has 1 aromatic carbocycles. The highest BCUT2D eigenvalue weighted by atomic mass is 16.5. The van der Waals surface area contributed by atoms with Crippen molar-refractivity contribution in [3.63, 3.8) is 0 Å². The standard InChI is InChI=1S/C14H22N2O/c1-17-9-8-16-14(10-15)13-6-4-12(5-7-13)11-2-3-11/h4-7,11,14,16H,2-3,8-10,15H2,1H3. The Morgan fingerprint density at radius 3 is 2.59 bits per heavy atom. The van der Waals surface area contributed by atoms with Gasteiger partial charge in [-0.3, -0.25) is 0 Å². The van der Waals surface area contributed by atoms with Gasteiger partial charge in [0.1, 0.15) is 0 Å². The highest BCUT2D eigenvalue weighted by Gasteiger charge is 2.23. The molecule has 0 aromatic heterocycles. The number of hydrogen-bond acceptors (Lipinski definition) is 3. The van der Waals surface area contributed by atoms with Crippen LogP contribution < -0.4 is 11.1 Å². The van der Waals surface area contributed by atoms with Gasteiger partial charge in [0, 0.05) is 26.2 Å². The predicted octanol–water partition coefficient (Wildman–Crippen LogP) is 1.80. The Balaban J connectivity index is 1.92. The van der Waals surface area contributed by atoms with Crippen LogP contribution in [-0.4, -0.2) is 26.8 Å². The second kappa shape index (κ2) is 6.15. The second-order valence-electron chi connectivity index (χ2n) is 4.68. The first-order chi connectivity index (χ1) is 8.35. The van der Waals surface area contributed by atoms with Crippen LogP contribution in [0, 0.1) is 0 Å². The van der Waals surface area contributed by atoms with E-state index in [2.05, 4.69) is 29.6 Å². The Kier molecular flexibility index (Phi) is 4.54. The molecule has 94 valence electrons. The van der Waals surface area contributed by atoms with E-state index in [0.29, 0.717) is 6.54 Å². The van der Waals surface area contributed by atoms with E-state index in [1.165, 1.54) is 24.0 Å². The average Bonchev–Trinajstić information content (AvgIpc) is 3.19. The molecule has 3 heteroatoms. The first-order valence-electron chi connectivity index (χ1n) is 6.37. The maximum absolute atomic E-state index is 5.79. The first kappa shape index (κ1) is 12.6. The zero-order chi connectivity index (χ0) is 12.1. The van der Waals surface area contributed by atoms with Crippen LogP contribution in [0.1, 0.15) is 35.9 Å². The molecule has 0 aliphatic heterocycles. The lowest BCUT2D eigenvalue weighted by atomic mass is 10.0. The van der Waals surface area contributed by atoms with Crippen molar-refractivity contribution in [1.82, 2.24) is 5.32 Å². The van der Waals surface area contributed by atoms with Gasteiger partial charge in [-0.2, -0.15) is 0 Å². The summed E-state index contributed by atoms with van der Waals surface area (Å²) in [6.45, 7) is 2.17. The van der Waals surface area contributed by atoms with Crippen molar-refractivity contribution in [2.75, 3.05) is 26.8 Å². The number of ether oxygens (including phenoxy) is 1. The van der Waals surface area contributed by atoms with Gasteiger partial charge >= 0.3 is 0 Å². The summed E-state index contributed by atoms with van der Waals surface area (Å²) in [5.41, 5.74) is 8.54. The molecule has 3 nitrogen and oxygen atoms in total. The van der Waals surface area contributed by atoms with E-state index < -0.39 is 0 Å². The molecule has 1 aliphatic carbocycles. The Labute approximate surface area is 103 Å². The molecule has 0 radical (unpaired) electrons. The van der Waals surface area contributed by atoms with Crippen LogP contribution in [0.3, 0.4) is 0 Å². The number of nitrogens with two attached hydrogens (primary N) is 1. The monoisotopic (exact) mass is 234 g/mol. The minimum Gasteiger partial charge on any atom is -0.383 e. The molecule has 3 N–H and O–H groups in total. The van der Waals surface area contributed by atoms with Crippen molar-refractivity contribution in [2.24, 2.45) is 5.73 Å². The fraction of sp³-hybridized carbons (Fsp3) is 0.571. The van der Waals surface area contributed by atoms with Gasteiger partial charge in [-0.15, -0.1) is 0 Å². The van der Waals surface area contributed by atoms with E-state index in [0.717, 1.165) is 19.1 Å². The summed E-state index contributed by atoms with van der Waals surface area (Å²) in [6, 6.07) is 9.12. The minimum atomic E-state index is 0.235. The molecule has 0 amide bonds. The maximum atomic E-state index is 5.79. The van der Waals surface area contributed by atoms with Crippen molar-refractivity contribution in [2.45, 2.75) is 24.8 Å². The lowest BCUT2D eigenvalue weighted by molar-refractivity contribution is 0.196. The van der Waals surface area contributed by atoms with Crippen molar-refractivity contribution in [3.05, 3.63) is 35.4 Å². The van der Waals surface area contributed by atoms with E-state index in [9.17, 15) is 0 Å². The summed E-state index contributed by atoms with van der Waals surface area (Å²) in [5.74, 6) is 0.821. The zero-order valence-electron chi connectivity index (χ0n) is 10.5. The predicted molar refractivity (Wildman–Crippen MR) is 70.1 cm³/mol. The summed E-state index contributed by atoms with van der Waals surface area (Å²) in [6.07, 6.45) is 2.71. The third-order valence-corrected chi connectivity index (χ3v) is 3.32. The van der Waals surface area contributed by atoms with Gasteiger partial charge in [0.2, 0.25) is 0 Å². The van der Waals surface area contributed by atoms with Crippen molar-refractivity contribution in [1.29, 1.82) is 0 Å². The lowest BCUT2D eigenvalue weighted by Gasteiger charge is -2.17. The quantitative estimate of drug-likeness (QED) is 0.707. The maximum Gasteiger partial charge on any atom is 0.0587 e. The largest absolute Gasteiger partial charge is 0.383 e. The molecule has 1 aliphatic rings. The van der Waals surface area contributed by atoms with Gasteiger partial charge in [0.15, 0.2) is 0 Å².